The van der Waals surface area contributed by atoms with Gasteiger partial charge < -0.3 is 19.7 Å². The molecule has 12 heteroatoms. The SMILES string of the molecule is CC.CCCC(CCC)Nc1ncc(C(F)(F)F)c(-c2cn(-c3ccnc(N4CCN(CC)CC4)c3C#N)cn2)n1.[HH]. The van der Waals surface area contributed by atoms with Gasteiger partial charge >= 0.3 is 6.18 Å². The van der Waals surface area contributed by atoms with Gasteiger partial charge in [-0.15, -0.1) is 0 Å². The maximum atomic E-state index is 13.9. The lowest BCUT2D eigenvalue weighted by Crippen LogP contribution is -2.46. The van der Waals surface area contributed by atoms with E-state index in [1.54, 1.807) is 16.8 Å². The van der Waals surface area contributed by atoms with Crippen molar-refractivity contribution in [2.45, 2.75) is 72.5 Å². The van der Waals surface area contributed by atoms with Gasteiger partial charge in [-0.1, -0.05) is 47.5 Å². The summed E-state index contributed by atoms with van der Waals surface area (Å²) in [6.45, 7) is 14.4. The topological polar surface area (TPSA) is 98.8 Å². The molecule has 0 radical (unpaired) electrons. The van der Waals surface area contributed by atoms with E-state index in [9.17, 15) is 18.4 Å². The molecule has 1 aliphatic rings. The van der Waals surface area contributed by atoms with Crippen LogP contribution in [0.15, 0.2) is 31.0 Å². The summed E-state index contributed by atoms with van der Waals surface area (Å²) >= 11 is 0. The van der Waals surface area contributed by atoms with Gasteiger partial charge in [-0.3, -0.25) is 0 Å². The first kappa shape index (κ1) is 31.8. The minimum atomic E-state index is -4.66. The average Bonchev–Trinajstić information content (AvgIpc) is 3.48. The summed E-state index contributed by atoms with van der Waals surface area (Å²) < 4.78 is 43.4. The molecular formula is C29H42F3N9. The van der Waals surface area contributed by atoms with Crippen LogP contribution in [0, 0.1) is 11.3 Å². The van der Waals surface area contributed by atoms with Crippen LogP contribution in [0.25, 0.3) is 17.1 Å². The number of pyridine rings is 1. The summed E-state index contributed by atoms with van der Waals surface area (Å²) in [7, 11) is 0. The molecule has 3 aromatic heterocycles. The first-order valence-corrected chi connectivity index (χ1v) is 14.4. The molecule has 1 fully saturated rings. The summed E-state index contributed by atoms with van der Waals surface area (Å²) in [6, 6.07) is 3.97. The van der Waals surface area contributed by atoms with E-state index in [-0.39, 0.29) is 24.8 Å². The third kappa shape index (κ3) is 7.73. The molecule has 1 N–H and O–H groups in total. The largest absolute Gasteiger partial charge is 0.420 e. The number of rotatable bonds is 10. The molecular weight excluding hydrogens is 531 g/mol. The lowest BCUT2D eigenvalue weighted by Gasteiger charge is -2.35. The maximum absolute atomic E-state index is 13.9. The number of aromatic nitrogens is 5. The third-order valence-corrected chi connectivity index (χ3v) is 6.94. The van der Waals surface area contributed by atoms with Crippen molar-refractivity contribution in [3.8, 4) is 23.1 Å². The van der Waals surface area contributed by atoms with Crippen molar-refractivity contribution in [3.05, 3.63) is 42.1 Å². The van der Waals surface area contributed by atoms with Crippen molar-refractivity contribution < 1.29 is 14.6 Å². The number of piperazine rings is 1. The number of hydrogen-bond donors (Lipinski definition) is 1. The van der Waals surface area contributed by atoms with Gasteiger partial charge in [-0.05, 0) is 25.5 Å². The van der Waals surface area contributed by atoms with Crippen LogP contribution < -0.4 is 10.2 Å². The second kappa shape index (κ2) is 14.8. The number of halogens is 3. The normalized spacial score (nSPS) is 14.0. The van der Waals surface area contributed by atoms with Gasteiger partial charge in [-0.25, -0.2) is 19.9 Å². The van der Waals surface area contributed by atoms with Crippen LogP contribution in [0.3, 0.4) is 0 Å². The average molecular weight is 574 g/mol. The first-order chi connectivity index (χ1) is 19.8. The molecule has 0 spiro atoms. The lowest BCUT2D eigenvalue weighted by molar-refractivity contribution is -0.137. The van der Waals surface area contributed by atoms with Crippen molar-refractivity contribution in [2.75, 3.05) is 42.9 Å². The van der Waals surface area contributed by atoms with Crippen LogP contribution in [-0.4, -0.2) is 68.2 Å². The van der Waals surface area contributed by atoms with Crippen LogP contribution in [0.5, 0.6) is 0 Å². The van der Waals surface area contributed by atoms with Crippen LogP contribution >= 0.6 is 0 Å². The number of anilines is 2. The number of nitrogens with zero attached hydrogens (tertiary/aromatic N) is 8. The number of nitrogens with one attached hydrogen (secondary N) is 1. The minimum Gasteiger partial charge on any atom is -0.353 e. The highest BCUT2D eigenvalue weighted by molar-refractivity contribution is 5.66. The highest BCUT2D eigenvalue weighted by Gasteiger charge is 2.36. The van der Waals surface area contributed by atoms with Crippen LogP contribution in [0.4, 0.5) is 24.9 Å². The van der Waals surface area contributed by atoms with Crippen LogP contribution in [0.1, 0.15) is 72.9 Å². The van der Waals surface area contributed by atoms with E-state index in [2.05, 4.69) is 61.9 Å². The lowest BCUT2D eigenvalue weighted by atomic mass is 10.1. The molecule has 4 heterocycles. The van der Waals surface area contributed by atoms with Gasteiger partial charge in [0.2, 0.25) is 5.95 Å². The molecule has 0 unspecified atom stereocenters. The van der Waals surface area contributed by atoms with Crippen molar-refractivity contribution in [2.24, 2.45) is 0 Å². The van der Waals surface area contributed by atoms with Crippen molar-refractivity contribution >= 4 is 11.8 Å². The van der Waals surface area contributed by atoms with E-state index in [0.717, 1.165) is 64.6 Å². The fourth-order valence-corrected chi connectivity index (χ4v) is 4.88. The quantitative estimate of drug-likeness (QED) is 0.297. The zero-order chi connectivity index (χ0) is 30.0. The van der Waals surface area contributed by atoms with E-state index in [0.29, 0.717) is 17.1 Å². The zero-order valence-corrected chi connectivity index (χ0v) is 24.5. The molecule has 1 saturated heterocycles. The fraction of sp³-hybridized carbons (Fsp3) is 0.552. The number of hydrogen-bond acceptors (Lipinski definition) is 8. The Labute approximate surface area is 241 Å². The Balaban J connectivity index is 0.00000201. The Morgan fingerprint density at radius 3 is 2.32 bits per heavy atom. The Kier molecular flexibility index (Phi) is 11.5. The smallest absolute Gasteiger partial charge is 0.353 e. The molecule has 1 aliphatic heterocycles. The van der Waals surface area contributed by atoms with Crippen molar-refractivity contribution in [1.82, 2.24) is 29.4 Å². The Morgan fingerprint density at radius 2 is 1.73 bits per heavy atom. The van der Waals surface area contributed by atoms with Crippen molar-refractivity contribution in [1.29, 1.82) is 5.26 Å². The maximum Gasteiger partial charge on any atom is 0.420 e. The second-order valence-electron chi connectivity index (χ2n) is 9.60. The first-order valence-electron chi connectivity index (χ1n) is 14.4. The Hall–Kier alpha value is -3.72. The van der Waals surface area contributed by atoms with Gasteiger partial charge in [0.25, 0.3) is 0 Å². The minimum absolute atomic E-state index is 0. The van der Waals surface area contributed by atoms with E-state index in [4.69, 9.17) is 0 Å². The Bertz CT molecular complexity index is 1290. The fourth-order valence-electron chi connectivity index (χ4n) is 4.88. The summed E-state index contributed by atoms with van der Waals surface area (Å²) in [5, 5.41) is 13.2. The number of alkyl halides is 3. The molecule has 9 nitrogen and oxygen atoms in total. The molecule has 4 rings (SSSR count). The highest BCUT2D eigenvalue weighted by Crippen LogP contribution is 2.36. The zero-order valence-electron chi connectivity index (χ0n) is 24.5. The molecule has 3 aromatic rings. The van der Waals surface area contributed by atoms with Gasteiger partial charge in [0, 0.05) is 52.2 Å². The van der Waals surface area contributed by atoms with Crippen molar-refractivity contribution in [3.63, 3.8) is 0 Å². The van der Waals surface area contributed by atoms with Gasteiger partial charge in [0.15, 0.2) is 0 Å². The summed E-state index contributed by atoms with van der Waals surface area (Å²) in [5.41, 5.74) is -0.408. The van der Waals surface area contributed by atoms with Crippen LogP contribution in [0.2, 0.25) is 0 Å². The van der Waals surface area contributed by atoms with Gasteiger partial charge in [-0.2, -0.15) is 18.4 Å². The van der Waals surface area contributed by atoms with Gasteiger partial charge in [0.05, 0.1) is 5.69 Å². The van der Waals surface area contributed by atoms with E-state index >= 15 is 0 Å². The molecule has 0 aliphatic carbocycles. The number of likely N-dealkylation sites (N-methyl/N-ethyl adjacent to an activating group) is 1. The molecule has 41 heavy (non-hydrogen) atoms. The predicted octanol–water partition coefficient (Wildman–Crippen LogP) is 6.41. The molecule has 224 valence electrons. The van der Waals surface area contributed by atoms with E-state index in [1.165, 1.54) is 12.5 Å². The third-order valence-electron chi connectivity index (χ3n) is 6.94. The monoisotopic (exact) mass is 573 g/mol. The molecule has 0 saturated carbocycles. The van der Waals surface area contributed by atoms with Crippen LogP contribution in [-0.2, 0) is 6.18 Å². The van der Waals surface area contributed by atoms with E-state index < -0.39 is 11.7 Å². The number of nitriles is 1. The summed E-state index contributed by atoms with van der Waals surface area (Å²) in [4.78, 5) is 21.3. The Morgan fingerprint density at radius 1 is 1.05 bits per heavy atom. The predicted molar refractivity (Wildman–Crippen MR) is 157 cm³/mol. The summed E-state index contributed by atoms with van der Waals surface area (Å²) in [5.74, 6) is 0.693. The molecule has 0 aromatic carbocycles. The molecule has 0 atom stereocenters. The molecule has 0 amide bonds. The van der Waals surface area contributed by atoms with Gasteiger partial charge in [0.1, 0.15) is 40.7 Å². The second-order valence-corrected chi connectivity index (χ2v) is 9.60. The number of imidazole rings is 1. The molecule has 0 bridgehead atoms. The van der Waals surface area contributed by atoms with E-state index in [1.807, 2.05) is 13.8 Å². The summed E-state index contributed by atoms with van der Waals surface area (Å²) in [6.07, 6.45) is 4.19. The highest BCUT2D eigenvalue weighted by atomic mass is 19.4. The standard InChI is InChI=1S/C27H34F3N9.C2H6.H2/c1-4-7-19(8-5-2)35-26-33-16-21(27(28,29)30)24(36-26)22-17-39(18-34-22)23-9-10-32-25(20(23)15-31)38-13-11-37(6-3)12-14-38;1-2;/h9-10,16-19H,4-8,11-14H2,1-3H3,(H,33,35,36);1-2H3;1H.